The Morgan fingerprint density at radius 1 is 1.35 bits per heavy atom. The molecule has 122 valence electrons. The Labute approximate surface area is 137 Å². The van der Waals surface area contributed by atoms with Crippen LogP contribution in [0.2, 0.25) is 0 Å². The monoisotopic (exact) mass is 312 g/mol. The van der Waals surface area contributed by atoms with E-state index in [0.717, 1.165) is 36.8 Å². The number of hydrogen-bond donors (Lipinski definition) is 0. The first-order valence-corrected chi connectivity index (χ1v) is 8.34. The summed E-state index contributed by atoms with van der Waals surface area (Å²) >= 11 is 0. The standard InChI is InChI=1S/C20H24O3/c1-15-6-7-17-14-23-19(21)18(17)5-3-4-10-20(15,2)11-8-16-9-12-22-13-16/h3-5,9-10,12-13,15H,6-8,11,14H2,1-2H3/b5-3-,10-4+/t15?,20-/m0/s1. The van der Waals surface area contributed by atoms with Crippen LogP contribution < -0.4 is 0 Å². The van der Waals surface area contributed by atoms with E-state index < -0.39 is 0 Å². The van der Waals surface area contributed by atoms with E-state index in [0.29, 0.717) is 12.5 Å². The molecule has 0 bridgehead atoms. The second-order valence-corrected chi connectivity index (χ2v) is 6.89. The molecule has 1 aliphatic carbocycles. The smallest absolute Gasteiger partial charge is 0.338 e. The van der Waals surface area contributed by atoms with Gasteiger partial charge in [0.2, 0.25) is 0 Å². The lowest BCUT2D eigenvalue weighted by Crippen LogP contribution is -2.24. The molecule has 23 heavy (non-hydrogen) atoms. The van der Waals surface area contributed by atoms with Gasteiger partial charge in [-0.15, -0.1) is 0 Å². The first-order valence-electron chi connectivity index (χ1n) is 8.34. The molecule has 3 nitrogen and oxygen atoms in total. The van der Waals surface area contributed by atoms with Gasteiger partial charge in [-0.25, -0.2) is 4.79 Å². The van der Waals surface area contributed by atoms with E-state index in [-0.39, 0.29) is 11.4 Å². The number of rotatable bonds is 3. The summed E-state index contributed by atoms with van der Waals surface area (Å²) < 4.78 is 10.3. The van der Waals surface area contributed by atoms with Crippen LogP contribution in [-0.2, 0) is 16.0 Å². The van der Waals surface area contributed by atoms with Crippen molar-refractivity contribution in [3.05, 3.63) is 59.6 Å². The van der Waals surface area contributed by atoms with E-state index in [9.17, 15) is 4.79 Å². The van der Waals surface area contributed by atoms with Crippen molar-refractivity contribution in [2.75, 3.05) is 6.61 Å². The lowest BCUT2D eigenvalue weighted by molar-refractivity contribution is -0.135. The second kappa shape index (κ2) is 6.61. The number of ether oxygens (including phenoxy) is 1. The van der Waals surface area contributed by atoms with Crippen LogP contribution in [0.5, 0.6) is 0 Å². The molecule has 2 heterocycles. The van der Waals surface area contributed by atoms with Gasteiger partial charge in [0.05, 0.1) is 18.1 Å². The highest BCUT2D eigenvalue weighted by atomic mass is 16.5. The zero-order chi connectivity index (χ0) is 16.3. The Morgan fingerprint density at radius 2 is 2.22 bits per heavy atom. The fourth-order valence-electron chi connectivity index (χ4n) is 3.34. The Kier molecular flexibility index (Phi) is 4.56. The Bertz CT molecular complexity index is 648. The maximum Gasteiger partial charge on any atom is 0.338 e. The summed E-state index contributed by atoms with van der Waals surface area (Å²) in [5, 5.41) is 0. The van der Waals surface area contributed by atoms with Crippen LogP contribution >= 0.6 is 0 Å². The van der Waals surface area contributed by atoms with Gasteiger partial charge in [-0.3, -0.25) is 0 Å². The van der Waals surface area contributed by atoms with Gasteiger partial charge in [0, 0.05) is 0 Å². The topological polar surface area (TPSA) is 39.4 Å². The van der Waals surface area contributed by atoms with Crippen LogP contribution in [-0.4, -0.2) is 12.6 Å². The normalized spacial score (nSPS) is 30.7. The summed E-state index contributed by atoms with van der Waals surface area (Å²) in [4.78, 5) is 11.8. The molecule has 0 amide bonds. The van der Waals surface area contributed by atoms with E-state index in [2.05, 4.69) is 26.0 Å². The van der Waals surface area contributed by atoms with Crippen molar-refractivity contribution in [3.63, 3.8) is 0 Å². The predicted octanol–water partition coefficient (Wildman–Crippen LogP) is 4.61. The molecule has 0 N–H and O–H groups in total. The van der Waals surface area contributed by atoms with Crippen LogP contribution in [0, 0.1) is 11.3 Å². The highest BCUT2D eigenvalue weighted by Gasteiger charge is 2.30. The summed E-state index contributed by atoms with van der Waals surface area (Å²) in [6, 6.07) is 2.04. The highest BCUT2D eigenvalue weighted by Crippen LogP contribution is 2.39. The largest absolute Gasteiger partial charge is 0.472 e. The fourth-order valence-corrected chi connectivity index (χ4v) is 3.34. The molecule has 3 rings (SSSR count). The average molecular weight is 312 g/mol. The van der Waals surface area contributed by atoms with Gasteiger partial charge in [0.25, 0.3) is 0 Å². The van der Waals surface area contributed by atoms with Crippen molar-refractivity contribution in [2.24, 2.45) is 11.3 Å². The number of esters is 1. The first-order chi connectivity index (χ1) is 11.1. The highest BCUT2D eigenvalue weighted by molar-refractivity contribution is 5.94. The van der Waals surface area contributed by atoms with Crippen LogP contribution in [0.3, 0.4) is 0 Å². The van der Waals surface area contributed by atoms with Crippen molar-refractivity contribution in [3.8, 4) is 0 Å². The molecular formula is C20H24O3. The Hall–Kier alpha value is -2.03. The van der Waals surface area contributed by atoms with E-state index in [1.165, 1.54) is 5.56 Å². The number of carbonyl (C=O) groups is 1. The molecule has 2 atom stereocenters. The molecule has 1 aromatic heterocycles. The fraction of sp³-hybridized carbons (Fsp3) is 0.450. The lowest BCUT2D eigenvalue weighted by atomic mass is 9.71. The van der Waals surface area contributed by atoms with Gasteiger partial charge >= 0.3 is 5.97 Å². The maximum atomic E-state index is 11.8. The number of cyclic esters (lactones) is 1. The second-order valence-electron chi connectivity index (χ2n) is 6.89. The average Bonchev–Trinajstić information content (AvgIpc) is 3.17. The summed E-state index contributed by atoms with van der Waals surface area (Å²) in [6.07, 6.45) is 15.9. The quantitative estimate of drug-likeness (QED) is 0.765. The van der Waals surface area contributed by atoms with Crippen LogP contribution in [0.1, 0.15) is 38.7 Å². The third-order valence-electron chi connectivity index (χ3n) is 5.37. The van der Waals surface area contributed by atoms with Crippen LogP contribution in [0.4, 0.5) is 0 Å². The summed E-state index contributed by atoms with van der Waals surface area (Å²) in [5.74, 6) is 0.349. The first kappa shape index (κ1) is 15.9. The van der Waals surface area contributed by atoms with Gasteiger partial charge in [0.15, 0.2) is 0 Å². The minimum absolute atomic E-state index is 0.128. The number of carbonyl (C=O) groups excluding carboxylic acids is 1. The molecule has 0 aromatic carbocycles. The molecule has 2 aliphatic rings. The summed E-state index contributed by atoms with van der Waals surface area (Å²) in [7, 11) is 0. The molecule has 0 saturated carbocycles. The zero-order valence-corrected chi connectivity index (χ0v) is 13.9. The van der Waals surface area contributed by atoms with Gasteiger partial charge in [0.1, 0.15) is 6.61 Å². The lowest BCUT2D eigenvalue weighted by Gasteiger charge is -2.33. The molecule has 0 spiro atoms. The van der Waals surface area contributed by atoms with Gasteiger partial charge in [-0.2, -0.15) is 0 Å². The minimum Gasteiger partial charge on any atom is -0.472 e. The molecule has 1 aromatic rings. The van der Waals surface area contributed by atoms with E-state index >= 15 is 0 Å². The van der Waals surface area contributed by atoms with Crippen LogP contribution in [0.25, 0.3) is 0 Å². The number of aryl methyl sites for hydroxylation is 1. The van der Waals surface area contributed by atoms with Crippen LogP contribution in [0.15, 0.2) is 58.5 Å². The van der Waals surface area contributed by atoms with Crippen molar-refractivity contribution < 1.29 is 13.9 Å². The molecule has 0 fully saturated rings. The number of furan rings is 1. The summed E-state index contributed by atoms with van der Waals surface area (Å²) in [5.41, 5.74) is 3.28. The molecule has 0 saturated heterocycles. The van der Waals surface area contributed by atoms with E-state index in [1.54, 1.807) is 6.26 Å². The van der Waals surface area contributed by atoms with Crippen molar-refractivity contribution in [1.82, 2.24) is 0 Å². The Balaban J connectivity index is 1.76. The zero-order valence-electron chi connectivity index (χ0n) is 13.9. The molecule has 3 heteroatoms. The van der Waals surface area contributed by atoms with Gasteiger partial charge < -0.3 is 9.15 Å². The molecule has 0 radical (unpaired) electrons. The van der Waals surface area contributed by atoms with Crippen molar-refractivity contribution in [1.29, 1.82) is 0 Å². The molecule has 1 unspecified atom stereocenters. The third kappa shape index (κ3) is 3.49. The van der Waals surface area contributed by atoms with Crippen molar-refractivity contribution in [2.45, 2.75) is 39.5 Å². The molecule has 1 aliphatic heterocycles. The van der Waals surface area contributed by atoms with Gasteiger partial charge in [-0.05, 0) is 60.3 Å². The predicted molar refractivity (Wildman–Crippen MR) is 89.8 cm³/mol. The Morgan fingerprint density at radius 3 is 3.00 bits per heavy atom. The van der Waals surface area contributed by atoms with Crippen molar-refractivity contribution >= 4 is 5.97 Å². The summed E-state index contributed by atoms with van der Waals surface area (Å²) in [6.45, 7) is 5.10. The maximum absolute atomic E-state index is 11.8. The molecular weight excluding hydrogens is 288 g/mol. The van der Waals surface area contributed by atoms with Gasteiger partial charge in [-0.1, -0.05) is 32.1 Å². The number of hydrogen-bond acceptors (Lipinski definition) is 3. The SMILES string of the molecule is CC1CCC2=C(/C=C\C=C\[C@@]1(C)CCc1ccoc1)C(=O)OC2. The third-order valence-corrected chi connectivity index (χ3v) is 5.37. The van der Waals surface area contributed by atoms with E-state index in [4.69, 9.17) is 9.15 Å². The van der Waals surface area contributed by atoms with E-state index in [1.807, 2.05) is 24.5 Å². The minimum atomic E-state index is -0.180. The number of allylic oxidation sites excluding steroid dienone is 3.